The number of hydrogen-bond acceptors (Lipinski definition) is 6. The molecule has 1 fully saturated rings. The Morgan fingerprint density at radius 2 is 1.76 bits per heavy atom. The molecule has 1 aliphatic heterocycles. The summed E-state index contributed by atoms with van der Waals surface area (Å²) >= 11 is 6.13. The molecule has 0 unspecified atom stereocenters. The predicted molar refractivity (Wildman–Crippen MR) is 130 cm³/mol. The number of para-hydroxylation sites is 1. The Bertz CT molecular complexity index is 1070. The third-order valence-electron chi connectivity index (χ3n) is 6.07. The fourth-order valence-corrected chi connectivity index (χ4v) is 4.11. The molecule has 0 radical (unpaired) electrons. The molecule has 1 aliphatic rings. The summed E-state index contributed by atoms with van der Waals surface area (Å²) in [4.78, 5) is 17.0. The normalized spacial score (nSPS) is 14.3. The third-order valence-corrected chi connectivity index (χ3v) is 6.38. The smallest absolute Gasteiger partial charge is 0.227 e. The lowest BCUT2D eigenvalue weighted by atomic mass is 10.1. The highest BCUT2D eigenvalue weighted by molar-refractivity contribution is 6.32. The average Bonchev–Trinajstić information content (AvgIpc) is 3.17. The summed E-state index contributed by atoms with van der Waals surface area (Å²) in [6.45, 7) is 8.70. The molecule has 7 nitrogen and oxygen atoms in total. The first kappa shape index (κ1) is 24.1. The van der Waals surface area contributed by atoms with Crippen molar-refractivity contribution in [1.29, 1.82) is 0 Å². The van der Waals surface area contributed by atoms with E-state index in [9.17, 15) is 4.79 Å². The summed E-state index contributed by atoms with van der Waals surface area (Å²) in [5.41, 5.74) is 2.78. The SMILES string of the molecule is Cc1noc(C)c1COc1ccc(CC(=O)N2CCN(CCOc3ccccc3Cl)CC2)cc1. The van der Waals surface area contributed by atoms with E-state index in [0.717, 1.165) is 61.1 Å². The van der Waals surface area contributed by atoms with Gasteiger partial charge in [0, 0.05) is 32.7 Å². The molecule has 4 rings (SSSR count). The van der Waals surface area contributed by atoms with Crippen molar-refractivity contribution in [2.75, 3.05) is 39.3 Å². The van der Waals surface area contributed by atoms with Gasteiger partial charge in [-0.15, -0.1) is 0 Å². The standard InChI is InChI=1S/C26H30ClN3O4/c1-19-23(20(2)34-28-19)18-33-22-9-7-21(8-10-22)17-26(31)30-13-11-29(12-14-30)15-16-32-25-6-4-3-5-24(25)27/h3-10H,11-18H2,1-2H3. The molecular weight excluding hydrogens is 454 g/mol. The van der Waals surface area contributed by atoms with Gasteiger partial charge < -0.3 is 18.9 Å². The van der Waals surface area contributed by atoms with Gasteiger partial charge in [0.15, 0.2) is 0 Å². The number of aryl methyl sites for hydroxylation is 2. The van der Waals surface area contributed by atoms with E-state index in [1.165, 1.54) is 0 Å². The fraction of sp³-hybridized carbons (Fsp3) is 0.385. The predicted octanol–water partition coefficient (Wildman–Crippen LogP) is 4.29. The number of carbonyl (C=O) groups is 1. The van der Waals surface area contributed by atoms with Crippen LogP contribution in [0.4, 0.5) is 0 Å². The van der Waals surface area contributed by atoms with Gasteiger partial charge in [-0.3, -0.25) is 9.69 Å². The molecule has 0 N–H and O–H groups in total. The molecule has 8 heteroatoms. The van der Waals surface area contributed by atoms with E-state index >= 15 is 0 Å². The van der Waals surface area contributed by atoms with E-state index < -0.39 is 0 Å². The summed E-state index contributed by atoms with van der Waals surface area (Å²) in [6, 6.07) is 15.2. The van der Waals surface area contributed by atoms with E-state index in [2.05, 4.69) is 10.1 Å². The van der Waals surface area contributed by atoms with Crippen molar-refractivity contribution in [3.63, 3.8) is 0 Å². The molecule has 0 atom stereocenters. The zero-order valence-electron chi connectivity index (χ0n) is 19.6. The average molecular weight is 484 g/mol. The molecule has 0 saturated carbocycles. The number of rotatable bonds is 9. The minimum atomic E-state index is 0.149. The lowest BCUT2D eigenvalue weighted by Crippen LogP contribution is -2.49. The van der Waals surface area contributed by atoms with Gasteiger partial charge in [0.1, 0.15) is 30.5 Å². The first-order valence-corrected chi connectivity index (χ1v) is 11.9. The molecule has 1 saturated heterocycles. The Balaban J connectivity index is 1.17. The first-order chi connectivity index (χ1) is 16.5. The van der Waals surface area contributed by atoms with Crippen LogP contribution >= 0.6 is 11.6 Å². The van der Waals surface area contributed by atoms with Crippen LogP contribution in [0, 0.1) is 13.8 Å². The highest BCUT2D eigenvalue weighted by Crippen LogP contribution is 2.23. The number of amides is 1. The van der Waals surface area contributed by atoms with Crippen LogP contribution in [0.5, 0.6) is 11.5 Å². The Morgan fingerprint density at radius 3 is 2.44 bits per heavy atom. The van der Waals surface area contributed by atoms with Crippen molar-refractivity contribution in [3.8, 4) is 11.5 Å². The van der Waals surface area contributed by atoms with Gasteiger partial charge in [-0.1, -0.05) is 41.0 Å². The zero-order valence-corrected chi connectivity index (χ0v) is 20.4. The summed E-state index contributed by atoms with van der Waals surface area (Å²) in [7, 11) is 0. The summed E-state index contributed by atoms with van der Waals surface area (Å²) < 4.78 is 16.8. The number of ether oxygens (including phenoxy) is 2. The van der Waals surface area contributed by atoms with Crippen LogP contribution in [0.2, 0.25) is 5.02 Å². The molecule has 0 bridgehead atoms. The van der Waals surface area contributed by atoms with Crippen LogP contribution in [0.3, 0.4) is 0 Å². The maximum Gasteiger partial charge on any atom is 0.227 e. The minimum absolute atomic E-state index is 0.149. The summed E-state index contributed by atoms with van der Waals surface area (Å²) in [5.74, 6) is 2.38. The van der Waals surface area contributed by atoms with Gasteiger partial charge in [-0.05, 0) is 43.7 Å². The molecule has 0 spiro atoms. The van der Waals surface area contributed by atoms with Crippen molar-refractivity contribution in [1.82, 2.24) is 15.0 Å². The topological polar surface area (TPSA) is 68.0 Å². The van der Waals surface area contributed by atoms with E-state index in [0.29, 0.717) is 30.4 Å². The molecule has 34 heavy (non-hydrogen) atoms. The van der Waals surface area contributed by atoms with Crippen LogP contribution < -0.4 is 9.47 Å². The quantitative estimate of drug-likeness (QED) is 0.452. The van der Waals surface area contributed by atoms with Gasteiger partial charge >= 0.3 is 0 Å². The van der Waals surface area contributed by atoms with Crippen LogP contribution in [-0.2, 0) is 17.8 Å². The van der Waals surface area contributed by atoms with E-state index in [1.807, 2.05) is 67.3 Å². The minimum Gasteiger partial charge on any atom is -0.491 e. The van der Waals surface area contributed by atoms with Crippen molar-refractivity contribution < 1.29 is 18.8 Å². The van der Waals surface area contributed by atoms with Crippen LogP contribution in [-0.4, -0.2) is 60.2 Å². The third kappa shape index (κ3) is 6.30. The second-order valence-corrected chi connectivity index (χ2v) is 8.82. The van der Waals surface area contributed by atoms with Crippen molar-refractivity contribution in [2.45, 2.75) is 26.9 Å². The van der Waals surface area contributed by atoms with E-state index in [1.54, 1.807) is 0 Å². The van der Waals surface area contributed by atoms with Gasteiger partial charge in [0.2, 0.25) is 5.91 Å². The Morgan fingerprint density at radius 1 is 1.03 bits per heavy atom. The summed E-state index contributed by atoms with van der Waals surface area (Å²) in [5, 5.41) is 4.57. The van der Waals surface area contributed by atoms with Crippen molar-refractivity contribution in [3.05, 3.63) is 76.1 Å². The molecule has 3 aromatic rings. The summed E-state index contributed by atoms with van der Waals surface area (Å²) in [6.07, 6.45) is 0.389. The number of aromatic nitrogens is 1. The molecule has 0 aliphatic carbocycles. The van der Waals surface area contributed by atoms with Crippen LogP contribution in [0.1, 0.15) is 22.6 Å². The lowest BCUT2D eigenvalue weighted by molar-refractivity contribution is -0.132. The molecule has 1 aromatic heterocycles. The monoisotopic (exact) mass is 483 g/mol. The van der Waals surface area contributed by atoms with E-state index in [4.69, 9.17) is 25.6 Å². The Labute approximate surface area is 205 Å². The largest absolute Gasteiger partial charge is 0.491 e. The van der Waals surface area contributed by atoms with Gasteiger partial charge in [-0.2, -0.15) is 0 Å². The maximum atomic E-state index is 12.8. The number of benzene rings is 2. The van der Waals surface area contributed by atoms with Gasteiger partial charge in [0.25, 0.3) is 0 Å². The highest BCUT2D eigenvalue weighted by Gasteiger charge is 2.21. The number of carbonyl (C=O) groups excluding carboxylic acids is 1. The number of piperazine rings is 1. The molecule has 2 heterocycles. The van der Waals surface area contributed by atoms with Crippen molar-refractivity contribution in [2.24, 2.45) is 0 Å². The van der Waals surface area contributed by atoms with Gasteiger partial charge in [0.05, 0.1) is 22.7 Å². The number of halogens is 1. The Kier molecular flexibility index (Phi) is 8.08. The van der Waals surface area contributed by atoms with Gasteiger partial charge in [-0.25, -0.2) is 0 Å². The Hall–Kier alpha value is -3.03. The molecule has 1 amide bonds. The highest BCUT2D eigenvalue weighted by atomic mass is 35.5. The fourth-order valence-electron chi connectivity index (χ4n) is 3.92. The van der Waals surface area contributed by atoms with Crippen LogP contribution in [0.15, 0.2) is 53.1 Å². The number of nitrogens with zero attached hydrogens (tertiary/aromatic N) is 3. The maximum absolute atomic E-state index is 12.8. The lowest BCUT2D eigenvalue weighted by Gasteiger charge is -2.34. The molecule has 2 aromatic carbocycles. The molecule has 180 valence electrons. The number of hydrogen-bond donors (Lipinski definition) is 0. The van der Waals surface area contributed by atoms with Crippen LogP contribution in [0.25, 0.3) is 0 Å². The van der Waals surface area contributed by atoms with E-state index in [-0.39, 0.29) is 5.91 Å². The van der Waals surface area contributed by atoms with Crippen molar-refractivity contribution >= 4 is 17.5 Å². The second kappa shape index (κ2) is 11.4. The second-order valence-electron chi connectivity index (χ2n) is 8.41. The molecular formula is C26H30ClN3O4. The first-order valence-electron chi connectivity index (χ1n) is 11.5. The zero-order chi connectivity index (χ0) is 23.9.